The molecule has 0 N–H and O–H groups in total. The Kier molecular flexibility index (Phi) is 2.55. The van der Waals surface area contributed by atoms with Gasteiger partial charge in [0.1, 0.15) is 12.0 Å². The summed E-state index contributed by atoms with van der Waals surface area (Å²) in [5.41, 5.74) is 1.54. The summed E-state index contributed by atoms with van der Waals surface area (Å²) in [6.07, 6.45) is 2.79. The van der Waals surface area contributed by atoms with Crippen LogP contribution >= 0.6 is 0 Å². The fourth-order valence-corrected chi connectivity index (χ4v) is 1.20. The first-order valence-electron chi connectivity index (χ1n) is 4.90. The molecule has 0 aliphatic carbocycles. The van der Waals surface area contributed by atoms with Gasteiger partial charge in [0.05, 0.1) is 0 Å². The van der Waals surface area contributed by atoms with Gasteiger partial charge in [0.2, 0.25) is 5.82 Å². The Labute approximate surface area is 93.2 Å². The van der Waals surface area contributed by atoms with Gasteiger partial charge in [-0.1, -0.05) is 20.8 Å². The molecule has 2 heterocycles. The average molecular weight is 216 g/mol. The molecule has 6 heteroatoms. The Hall–Kier alpha value is -1.98. The van der Waals surface area contributed by atoms with Crippen molar-refractivity contribution >= 4 is 0 Å². The normalized spacial score (nSPS) is 11.4. The number of aromatic nitrogens is 6. The van der Waals surface area contributed by atoms with Crippen molar-refractivity contribution in [2.45, 2.75) is 26.2 Å². The van der Waals surface area contributed by atoms with Crippen molar-refractivity contribution in [2.24, 2.45) is 0 Å². The molecule has 0 saturated heterocycles. The van der Waals surface area contributed by atoms with Gasteiger partial charge >= 0.3 is 0 Å². The van der Waals surface area contributed by atoms with Gasteiger partial charge in [0.15, 0.2) is 6.33 Å². The van der Waals surface area contributed by atoms with E-state index in [9.17, 15) is 0 Å². The third-order valence-electron chi connectivity index (χ3n) is 2.07. The number of hydrogen-bond donors (Lipinski definition) is 0. The molecule has 0 radical (unpaired) electrons. The highest BCUT2D eigenvalue weighted by molar-refractivity contribution is 5.47. The number of hydrogen-bond acceptors (Lipinski definition) is 6. The maximum absolute atomic E-state index is 4.23. The van der Waals surface area contributed by atoms with Gasteiger partial charge in [-0.2, -0.15) is 0 Å². The van der Waals surface area contributed by atoms with Crippen LogP contribution in [-0.4, -0.2) is 30.4 Å². The van der Waals surface area contributed by atoms with E-state index >= 15 is 0 Å². The highest BCUT2D eigenvalue weighted by Gasteiger charge is 2.17. The van der Waals surface area contributed by atoms with Crippen molar-refractivity contribution in [3.8, 4) is 11.5 Å². The van der Waals surface area contributed by atoms with Crippen LogP contribution in [0.4, 0.5) is 0 Å². The van der Waals surface area contributed by atoms with Crippen LogP contribution in [0.1, 0.15) is 26.5 Å². The van der Waals surface area contributed by atoms with Crippen LogP contribution in [0.3, 0.4) is 0 Å². The molecule has 0 spiro atoms. The van der Waals surface area contributed by atoms with Crippen LogP contribution in [0.5, 0.6) is 0 Å². The Morgan fingerprint density at radius 3 is 2.25 bits per heavy atom. The molecular formula is C10H12N6. The third-order valence-corrected chi connectivity index (χ3v) is 2.07. The first kappa shape index (κ1) is 10.5. The zero-order valence-corrected chi connectivity index (χ0v) is 9.42. The van der Waals surface area contributed by atoms with E-state index in [2.05, 4.69) is 51.1 Å². The second kappa shape index (κ2) is 3.88. The lowest BCUT2D eigenvalue weighted by atomic mass is 9.91. The second-order valence-electron chi connectivity index (χ2n) is 4.41. The maximum atomic E-state index is 4.23. The van der Waals surface area contributed by atoms with E-state index in [1.165, 1.54) is 12.7 Å². The van der Waals surface area contributed by atoms with E-state index in [4.69, 9.17) is 0 Å². The number of rotatable bonds is 1. The molecule has 0 aromatic carbocycles. The van der Waals surface area contributed by atoms with Crippen LogP contribution < -0.4 is 0 Å². The second-order valence-corrected chi connectivity index (χ2v) is 4.41. The van der Waals surface area contributed by atoms with Gasteiger partial charge in [-0.15, -0.1) is 20.4 Å². The summed E-state index contributed by atoms with van der Waals surface area (Å²) in [5, 5.41) is 15.1. The predicted octanol–water partition coefficient (Wildman–Crippen LogP) is 1.02. The summed E-state index contributed by atoms with van der Waals surface area (Å²) < 4.78 is 0. The van der Waals surface area contributed by atoms with Gasteiger partial charge in [-0.3, -0.25) is 0 Å². The molecule has 6 nitrogen and oxygen atoms in total. The Balaban J connectivity index is 2.45. The molecule has 2 aromatic heterocycles. The predicted molar refractivity (Wildman–Crippen MR) is 57.3 cm³/mol. The molecule has 2 aromatic rings. The first-order valence-corrected chi connectivity index (χ1v) is 4.90. The summed E-state index contributed by atoms with van der Waals surface area (Å²) in [6.45, 7) is 6.25. The van der Waals surface area contributed by atoms with Crippen LogP contribution in [0.15, 0.2) is 18.7 Å². The van der Waals surface area contributed by atoms with Crippen molar-refractivity contribution in [3.63, 3.8) is 0 Å². The van der Waals surface area contributed by atoms with E-state index in [1.54, 1.807) is 0 Å². The summed E-state index contributed by atoms with van der Waals surface area (Å²) >= 11 is 0. The fourth-order valence-electron chi connectivity index (χ4n) is 1.20. The molecule has 82 valence electrons. The van der Waals surface area contributed by atoms with Gasteiger partial charge in [-0.25, -0.2) is 9.97 Å². The number of nitrogens with zero attached hydrogens (tertiary/aromatic N) is 6. The molecule has 0 aliphatic rings. The SMILES string of the molecule is CC(C)(C)c1cc(-c2nncnn2)ncn1. The standard InChI is InChI=1S/C10H12N6/c1-10(2,3)8-4-7(11-5-12-8)9-15-13-6-14-16-9/h4-6H,1-3H3. The van der Waals surface area contributed by atoms with Crippen molar-refractivity contribution in [1.29, 1.82) is 0 Å². The Morgan fingerprint density at radius 1 is 0.938 bits per heavy atom. The monoisotopic (exact) mass is 216 g/mol. The van der Waals surface area contributed by atoms with E-state index in [0.717, 1.165) is 5.69 Å². The molecule has 0 unspecified atom stereocenters. The zero-order valence-electron chi connectivity index (χ0n) is 9.42. The Bertz CT molecular complexity index is 476. The topological polar surface area (TPSA) is 77.3 Å². The van der Waals surface area contributed by atoms with Gasteiger partial charge < -0.3 is 0 Å². The van der Waals surface area contributed by atoms with E-state index in [0.29, 0.717) is 11.5 Å². The minimum absolute atomic E-state index is 0.0344. The maximum Gasteiger partial charge on any atom is 0.222 e. The summed E-state index contributed by atoms with van der Waals surface area (Å²) in [4.78, 5) is 8.34. The minimum Gasteiger partial charge on any atom is -0.241 e. The molecule has 0 saturated carbocycles. The summed E-state index contributed by atoms with van der Waals surface area (Å²) in [6, 6.07) is 1.86. The largest absolute Gasteiger partial charge is 0.241 e. The highest BCUT2D eigenvalue weighted by Crippen LogP contribution is 2.21. The minimum atomic E-state index is -0.0344. The lowest BCUT2D eigenvalue weighted by molar-refractivity contribution is 0.567. The third kappa shape index (κ3) is 2.16. The lowest BCUT2D eigenvalue weighted by Gasteiger charge is -2.17. The molecule has 0 atom stereocenters. The average Bonchev–Trinajstić information content (AvgIpc) is 2.29. The van der Waals surface area contributed by atoms with E-state index < -0.39 is 0 Å². The van der Waals surface area contributed by atoms with Crippen LogP contribution in [0, 0.1) is 0 Å². The summed E-state index contributed by atoms with van der Waals surface area (Å²) in [5.74, 6) is 0.412. The van der Waals surface area contributed by atoms with Gasteiger partial charge in [-0.05, 0) is 6.07 Å². The van der Waals surface area contributed by atoms with Crippen molar-refractivity contribution in [1.82, 2.24) is 30.4 Å². The molecule has 0 bridgehead atoms. The molecular weight excluding hydrogens is 204 g/mol. The molecule has 2 rings (SSSR count). The van der Waals surface area contributed by atoms with Crippen molar-refractivity contribution < 1.29 is 0 Å². The lowest BCUT2D eigenvalue weighted by Crippen LogP contribution is -2.14. The van der Waals surface area contributed by atoms with Crippen LogP contribution in [0.2, 0.25) is 0 Å². The van der Waals surface area contributed by atoms with E-state index in [-0.39, 0.29) is 5.41 Å². The van der Waals surface area contributed by atoms with Gasteiger partial charge in [0, 0.05) is 11.1 Å². The smallest absolute Gasteiger partial charge is 0.222 e. The van der Waals surface area contributed by atoms with Crippen molar-refractivity contribution in [2.75, 3.05) is 0 Å². The highest BCUT2D eigenvalue weighted by atomic mass is 15.3. The molecule has 0 fully saturated rings. The molecule has 0 amide bonds. The van der Waals surface area contributed by atoms with Crippen molar-refractivity contribution in [3.05, 3.63) is 24.4 Å². The van der Waals surface area contributed by atoms with Crippen LogP contribution in [0.25, 0.3) is 11.5 Å². The summed E-state index contributed by atoms with van der Waals surface area (Å²) in [7, 11) is 0. The molecule has 16 heavy (non-hydrogen) atoms. The molecule has 0 aliphatic heterocycles. The fraction of sp³-hybridized carbons (Fsp3) is 0.400. The van der Waals surface area contributed by atoms with E-state index in [1.807, 2.05) is 6.07 Å². The Morgan fingerprint density at radius 2 is 1.62 bits per heavy atom. The first-order chi connectivity index (χ1) is 7.57. The van der Waals surface area contributed by atoms with Crippen LogP contribution in [-0.2, 0) is 5.41 Å². The zero-order chi connectivity index (χ0) is 11.6. The quantitative estimate of drug-likeness (QED) is 0.708. The van der Waals surface area contributed by atoms with Gasteiger partial charge in [0.25, 0.3) is 0 Å².